The molecule has 0 saturated carbocycles. The summed E-state index contributed by atoms with van der Waals surface area (Å²) in [7, 11) is 0. The third-order valence-corrected chi connectivity index (χ3v) is 4.48. The van der Waals surface area contributed by atoms with Crippen molar-refractivity contribution in [2.45, 2.75) is 19.9 Å². The first kappa shape index (κ1) is 13.3. The Labute approximate surface area is 130 Å². The number of benzene rings is 1. The van der Waals surface area contributed by atoms with E-state index in [9.17, 15) is 0 Å². The number of aromatic nitrogens is 3. The van der Waals surface area contributed by atoms with Crippen molar-refractivity contribution in [2.75, 3.05) is 18.0 Å². The van der Waals surface area contributed by atoms with Crippen molar-refractivity contribution < 1.29 is 0 Å². The van der Waals surface area contributed by atoms with Gasteiger partial charge in [0.25, 0.3) is 0 Å². The SMILES string of the molecule is CCc1nccn1CC1CN(c2nccc3ccccc23)C1. The maximum absolute atomic E-state index is 4.60. The van der Waals surface area contributed by atoms with Crippen LogP contribution in [-0.4, -0.2) is 27.6 Å². The summed E-state index contributed by atoms with van der Waals surface area (Å²) in [6, 6.07) is 10.6. The standard InChI is InChI=1S/C18H20N4/c1-2-17-19-9-10-21(17)11-14-12-22(13-14)18-16-6-4-3-5-15(16)7-8-20-18/h3-10,14H,2,11-13H2,1H3. The van der Waals surface area contributed by atoms with E-state index < -0.39 is 0 Å². The lowest BCUT2D eigenvalue weighted by Crippen LogP contribution is -2.49. The zero-order chi connectivity index (χ0) is 14.9. The second-order valence-electron chi connectivity index (χ2n) is 5.98. The van der Waals surface area contributed by atoms with Gasteiger partial charge in [-0.15, -0.1) is 0 Å². The molecule has 1 fully saturated rings. The molecule has 1 saturated heterocycles. The predicted molar refractivity (Wildman–Crippen MR) is 89.1 cm³/mol. The Morgan fingerprint density at radius 2 is 1.95 bits per heavy atom. The number of pyridine rings is 1. The number of fused-ring (bicyclic) bond motifs is 1. The van der Waals surface area contributed by atoms with Gasteiger partial charge in [-0.25, -0.2) is 9.97 Å². The summed E-state index contributed by atoms with van der Waals surface area (Å²) in [5, 5.41) is 2.51. The van der Waals surface area contributed by atoms with Gasteiger partial charge in [0.05, 0.1) is 0 Å². The Kier molecular flexibility index (Phi) is 3.29. The van der Waals surface area contributed by atoms with Gasteiger partial charge in [0.2, 0.25) is 0 Å². The molecule has 22 heavy (non-hydrogen) atoms. The third-order valence-electron chi connectivity index (χ3n) is 4.48. The van der Waals surface area contributed by atoms with Crippen LogP contribution < -0.4 is 4.90 Å². The lowest BCUT2D eigenvalue weighted by molar-refractivity contribution is 0.352. The lowest BCUT2D eigenvalue weighted by atomic mass is 9.99. The van der Waals surface area contributed by atoms with Crippen LogP contribution >= 0.6 is 0 Å². The minimum absolute atomic E-state index is 0.681. The van der Waals surface area contributed by atoms with Gasteiger partial charge >= 0.3 is 0 Å². The van der Waals surface area contributed by atoms with Crippen molar-refractivity contribution in [3.05, 3.63) is 54.7 Å². The maximum atomic E-state index is 4.60. The molecule has 4 heteroatoms. The van der Waals surface area contributed by atoms with E-state index in [2.05, 4.69) is 62.9 Å². The number of nitrogens with zero attached hydrogens (tertiary/aromatic N) is 4. The highest BCUT2D eigenvalue weighted by Crippen LogP contribution is 2.30. The molecule has 0 amide bonds. The fourth-order valence-corrected chi connectivity index (χ4v) is 3.31. The zero-order valence-corrected chi connectivity index (χ0v) is 12.8. The van der Waals surface area contributed by atoms with Gasteiger partial charge in [-0.05, 0) is 11.5 Å². The molecule has 0 bridgehead atoms. The van der Waals surface area contributed by atoms with Crippen molar-refractivity contribution in [3.8, 4) is 0 Å². The second kappa shape index (κ2) is 5.44. The van der Waals surface area contributed by atoms with E-state index in [0.717, 1.165) is 31.9 Å². The van der Waals surface area contributed by atoms with Gasteiger partial charge in [-0.3, -0.25) is 0 Å². The van der Waals surface area contributed by atoms with Crippen LogP contribution in [0.5, 0.6) is 0 Å². The average Bonchev–Trinajstić information content (AvgIpc) is 2.97. The van der Waals surface area contributed by atoms with Gasteiger partial charge in [0, 0.05) is 55.9 Å². The summed E-state index contributed by atoms with van der Waals surface area (Å²) < 4.78 is 2.29. The van der Waals surface area contributed by atoms with Crippen molar-refractivity contribution in [1.29, 1.82) is 0 Å². The van der Waals surface area contributed by atoms with Crippen molar-refractivity contribution >= 4 is 16.6 Å². The Bertz CT molecular complexity index is 781. The maximum Gasteiger partial charge on any atom is 0.136 e. The quantitative estimate of drug-likeness (QED) is 0.741. The van der Waals surface area contributed by atoms with E-state index in [4.69, 9.17) is 0 Å². The fraction of sp³-hybridized carbons (Fsp3) is 0.333. The van der Waals surface area contributed by atoms with Gasteiger partial charge in [0.1, 0.15) is 11.6 Å². The molecule has 0 spiro atoms. The molecule has 2 aromatic heterocycles. The highest BCUT2D eigenvalue weighted by atomic mass is 15.2. The molecule has 0 N–H and O–H groups in total. The van der Waals surface area contributed by atoms with E-state index in [0.29, 0.717) is 5.92 Å². The predicted octanol–water partition coefficient (Wildman–Crippen LogP) is 3.13. The summed E-state index contributed by atoms with van der Waals surface area (Å²) in [5.41, 5.74) is 0. The van der Waals surface area contributed by atoms with Crippen LogP contribution in [0.1, 0.15) is 12.7 Å². The van der Waals surface area contributed by atoms with E-state index in [-0.39, 0.29) is 0 Å². The minimum Gasteiger partial charge on any atom is -0.355 e. The number of imidazole rings is 1. The third kappa shape index (κ3) is 2.25. The summed E-state index contributed by atoms with van der Waals surface area (Å²) in [4.78, 5) is 11.4. The zero-order valence-electron chi connectivity index (χ0n) is 12.8. The molecular formula is C18H20N4. The summed E-state index contributed by atoms with van der Waals surface area (Å²) in [6.45, 7) is 5.36. The molecule has 1 aromatic carbocycles. The van der Waals surface area contributed by atoms with Crippen LogP contribution in [0.15, 0.2) is 48.9 Å². The van der Waals surface area contributed by atoms with E-state index in [1.807, 2.05) is 12.4 Å². The molecule has 0 radical (unpaired) electrons. The first-order valence-corrected chi connectivity index (χ1v) is 7.94. The van der Waals surface area contributed by atoms with Crippen LogP contribution in [0.3, 0.4) is 0 Å². The number of rotatable bonds is 4. The Morgan fingerprint density at radius 1 is 1.09 bits per heavy atom. The lowest BCUT2D eigenvalue weighted by Gasteiger charge is -2.41. The Morgan fingerprint density at radius 3 is 2.82 bits per heavy atom. The topological polar surface area (TPSA) is 34.0 Å². The number of anilines is 1. The molecule has 1 aliphatic rings. The molecule has 4 nitrogen and oxygen atoms in total. The molecular weight excluding hydrogens is 272 g/mol. The van der Waals surface area contributed by atoms with Gasteiger partial charge < -0.3 is 9.47 Å². The van der Waals surface area contributed by atoms with Crippen molar-refractivity contribution in [2.24, 2.45) is 5.92 Å². The van der Waals surface area contributed by atoms with Crippen LogP contribution in [0.4, 0.5) is 5.82 Å². The van der Waals surface area contributed by atoms with Crippen LogP contribution in [0.2, 0.25) is 0 Å². The molecule has 1 aliphatic heterocycles. The van der Waals surface area contributed by atoms with Crippen molar-refractivity contribution in [1.82, 2.24) is 14.5 Å². The van der Waals surface area contributed by atoms with E-state index in [1.54, 1.807) is 0 Å². The first-order valence-electron chi connectivity index (χ1n) is 7.94. The molecule has 4 rings (SSSR count). The minimum atomic E-state index is 0.681. The normalized spacial score (nSPS) is 15.2. The van der Waals surface area contributed by atoms with E-state index >= 15 is 0 Å². The fourth-order valence-electron chi connectivity index (χ4n) is 3.31. The van der Waals surface area contributed by atoms with Crippen molar-refractivity contribution in [3.63, 3.8) is 0 Å². The molecule has 0 atom stereocenters. The molecule has 3 heterocycles. The molecule has 0 aliphatic carbocycles. The largest absolute Gasteiger partial charge is 0.355 e. The smallest absolute Gasteiger partial charge is 0.136 e. The molecule has 3 aromatic rings. The first-order chi connectivity index (χ1) is 10.8. The average molecular weight is 292 g/mol. The number of hydrogen-bond acceptors (Lipinski definition) is 3. The van der Waals surface area contributed by atoms with Gasteiger partial charge in [-0.1, -0.05) is 31.2 Å². The Balaban J connectivity index is 1.49. The number of hydrogen-bond donors (Lipinski definition) is 0. The summed E-state index contributed by atoms with van der Waals surface area (Å²) in [6.07, 6.45) is 6.91. The van der Waals surface area contributed by atoms with Crippen LogP contribution in [0, 0.1) is 5.92 Å². The summed E-state index contributed by atoms with van der Waals surface area (Å²) in [5.74, 6) is 2.98. The summed E-state index contributed by atoms with van der Waals surface area (Å²) >= 11 is 0. The molecule has 0 unspecified atom stereocenters. The highest BCUT2D eigenvalue weighted by Gasteiger charge is 2.29. The second-order valence-corrected chi connectivity index (χ2v) is 5.98. The van der Waals surface area contributed by atoms with Gasteiger partial charge in [-0.2, -0.15) is 0 Å². The van der Waals surface area contributed by atoms with Gasteiger partial charge in [0.15, 0.2) is 0 Å². The van der Waals surface area contributed by atoms with Crippen LogP contribution in [0.25, 0.3) is 10.8 Å². The monoisotopic (exact) mass is 292 g/mol. The highest BCUT2D eigenvalue weighted by molar-refractivity contribution is 5.92. The Hall–Kier alpha value is -2.36. The van der Waals surface area contributed by atoms with E-state index in [1.165, 1.54) is 16.6 Å². The molecule has 112 valence electrons. The number of aryl methyl sites for hydroxylation is 1. The van der Waals surface area contributed by atoms with Crippen LogP contribution in [-0.2, 0) is 13.0 Å².